The number of amides is 2. The lowest BCUT2D eigenvalue weighted by Gasteiger charge is -2.11. The minimum Gasteiger partial charge on any atom is -0.370 e. The first kappa shape index (κ1) is 16.8. The first-order valence-electron chi connectivity index (χ1n) is 5.29. The van der Waals surface area contributed by atoms with Gasteiger partial charge >= 0.3 is 0 Å². The Bertz CT molecular complexity index is 382. The Morgan fingerprint density at radius 1 is 1.39 bits per heavy atom. The number of ether oxygens (including phenoxy) is 1. The summed E-state index contributed by atoms with van der Waals surface area (Å²) in [5.41, 5.74) is 10.3. The van der Waals surface area contributed by atoms with Gasteiger partial charge in [-0.15, -0.1) is 0 Å². The lowest BCUT2D eigenvalue weighted by molar-refractivity contribution is -0.123. The molecular formula is C9H19N3O5S. The normalized spacial score (nSPS) is 13.0. The van der Waals surface area contributed by atoms with E-state index >= 15 is 0 Å². The Hall–Kier alpha value is -1.19. The van der Waals surface area contributed by atoms with Crippen LogP contribution in [0.4, 0.5) is 0 Å². The molecule has 0 saturated carbocycles. The molecule has 5 N–H and O–H groups in total. The minimum absolute atomic E-state index is 0.0623. The molecule has 9 heteroatoms. The number of rotatable bonds is 9. The van der Waals surface area contributed by atoms with E-state index in [1.807, 2.05) is 0 Å². The summed E-state index contributed by atoms with van der Waals surface area (Å²) in [7, 11) is -3.13. The molecule has 18 heavy (non-hydrogen) atoms. The molecule has 0 spiro atoms. The summed E-state index contributed by atoms with van der Waals surface area (Å²) in [6.45, 7) is 0.0994. The van der Waals surface area contributed by atoms with E-state index in [0.717, 1.165) is 6.26 Å². The molecule has 8 nitrogen and oxygen atoms in total. The number of sulfone groups is 1. The third kappa shape index (κ3) is 10.00. The van der Waals surface area contributed by atoms with Gasteiger partial charge in [-0.05, 0) is 6.42 Å². The van der Waals surface area contributed by atoms with Crippen molar-refractivity contribution in [3.8, 4) is 0 Å². The number of primary amides is 1. The molecule has 0 aromatic heterocycles. The van der Waals surface area contributed by atoms with E-state index in [-0.39, 0.29) is 31.9 Å². The average Bonchev–Trinajstić information content (AvgIpc) is 2.23. The lowest BCUT2D eigenvalue weighted by atomic mass is 10.2. The number of nitrogens with one attached hydrogen (secondary N) is 1. The van der Waals surface area contributed by atoms with Gasteiger partial charge in [0.15, 0.2) is 0 Å². The summed E-state index contributed by atoms with van der Waals surface area (Å²) in [5.74, 6) is -1.19. The summed E-state index contributed by atoms with van der Waals surface area (Å²) in [6, 6.07) is -0.879. The smallest absolute Gasteiger partial charge is 0.243 e. The van der Waals surface area contributed by atoms with Gasteiger partial charge in [0.05, 0.1) is 18.4 Å². The molecule has 0 bridgehead atoms. The zero-order valence-corrected chi connectivity index (χ0v) is 11.0. The van der Waals surface area contributed by atoms with Crippen LogP contribution in [0.1, 0.15) is 6.42 Å². The summed E-state index contributed by atoms with van der Waals surface area (Å²) in [6.07, 6.45) is 1.14. The van der Waals surface area contributed by atoms with Gasteiger partial charge in [-0.1, -0.05) is 0 Å². The molecule has 0 aromatic carbocycles. The highest BCUT2D eigenvalue weighted by molar-refractivity contribution is 7.90. The van der Waals surface area contributed by atoms with Crippen LogP contribution in [-0.2, 0) is 24.2 Å². The number of carbonyl (C=O) groups is 2. The van der Waals surface area contributed by atoms with Gasteiger partial charge < -0.3 is 21.5 Å². The van der Waals surface area contributed by atoms with Crippen molar-refractivity contribution in [3.05, 3.63) is 0 Å². The third-order valence-electron chi connectivity index (χ3n) is 1.93. The molecule has 0 heterocycles. The molecule has 0 rings (SSSR count). The Morgan fingerprint density at radius 3 is 2.50 bits per heavy atom. The Morgan fingerprint density at radius 2 is 2.00 bits per heavy atom. The monoisotopic (exact) mass is 281 g/mol. The van der Waals surface area contributed by atoms with Crippen LogP contribution in [0.25, 0.3) is 0 Å². The van der Waals surface area contributed by atoms with Crippen LogP contribution in [0.15, 0.2) is 0 Å². The van der Waals surface area contributed by atoms with Crippen LogP contribution in [0.2, 0.25) is 0 Å². The molecule has 0 aliphatic carbocycles. The number of nitrogens with two attached hydrogens (primary N) is 2. The van der Waals surface area contributed by atoms with Crippen molar-refractivity contribution in [1.29, 1.82) is 0 Å². The van der Waals surface area contributed by atoms with E-state index in [1.165, 1.54) is 0 Å². The first-order chi connectivity index (χ1) is 8.22. The van der Waals surface area contributed by atoms with E-state index in [4.69, 9.17) is 16.2 Å². The number of hydrogen-bond donors (Lipinski definition) is 3. The van der Waals surface area contributed by atoms with Crippen molar-refractivity contribution in [3.63, 3.8) is 0 Å². The highest BCUT2D eigenvalue weighted by Gasteiger charge is 2.15. The van der Waals surface area contributed by atoms with Crippen LogP contribution in [-0.4, -0.2) is 58.0 Å². The van der Waals surface area contributed by atoms with Crippen molar-refractivity contribution < 1.29 is 22.7 Å². The van der Waals surface area contributed by atoms with E-state index in [0.29, 0.717) is 0 Å². The Balaban J connectivity index is 3.72. The quantitative estimate of drug-likeness (QED) is 0.395. The van der Waals surface area contributed by atoms with Gasteiger partial charge in [0.25, 0.3) is 0 Å². The Labute approximate surface area is 106 Å². The van der Waals surface area contributed by atoms with Crippen molar-refractivity contribution >= 4 is 21.7 Å². The van der Waals surface area contributed by atoms with Crippen LogP contribution in [0, 0.1) is 0 Å². The summed E-state index contributed by atoms with van der Waals surface area (Å²) >= 11 is 0. The summed E-state index contributed by atoms with van der Waals surface area (Å²) < 4.78 is 26.6. The van der Waals surface area contributed by atoms with Crippen LogP contribution < -0.4 is 16.8 Å². The zero-order chi connectivity index (χ0) is 14.2. The third-order valence-corrected chi connectivity index (χ3v) is 2.90. The maximum atomic E-state index is 11.4. The maximum absolute atomic E-state index is 11.4. The molecule has 0 radical (unpaired) electrons. The SMILES string of the molecule is CS(=O)(=O)CCC(N)C(=O)NCCOCC(N)=O. The fourth-order valence-electron chi connectivity index (χ4n) is 1.02. The van der Waals surface area contributed by atoms with Gasteiger partial charge in [0, 0.05) is 12.8 Å². The molecule has 1 atom stereocenters. The lowest BCUT2D eigenvalue weighted by Crippen LogP contribution is -2.42. The largest absolute Gasteiger partial charge is 0.370 e. The summed E-state index contributed by atoms with van der Waals surface area (Å²) in [4.78, 5) is 21.7. The van der Waals surface area contributed by atoms with E-state index in [1.54, 1.807) is 0 Å². The number of carbonyl (C=O) groups excluding carboxylic acids is 2. The van der Waals surface area contributed by atoms with E-state index < -0.39 is 27.7 Å². The van der Waals surface area contributed by atoms with Gasteiger partial charge in [0.1, 0.15) is 16.4 Å². The molecule has 2 amide bonds. The van der Waals surface area contributed by atoms with Gasteiger partial charge in [-0.2, -0.15) is 0 Å². The van der Waals surface area contributed by atoms with Gasteiger partial charge in [-0.25, -0.2) is 8.42 Å². The van der Waals surface area contributed by atoms with Gasteiger partial charge in [-0.3, -0.25) is 9.59 Å². The van der Waals surface area contributed by atoms with Crippen molar-refractivity contribution in [2.45, 2.75) is 12.5 Å². The maximum Gasteiger partial charge on any atom is 0.243 e. The Kier molecular flexibility index (Phi) is 7.48. The molecule has 106 valence electrons. The second kappa shape index (κ2) is 8.01. The average molecular weight is 281 g/mol. The predicted molar refractivity (Wildman–Crippen MR) is 65.3 cm³/mol. The zero-order valence-electron chi connectivity index (χ0n) is 10.2. The highest BCUT2D eigenvalue weighted by atomic mass is 32.2. The first-order valence-corrected chi connectivity index (χ1v) is 7.35. The molecule has 0 saturated heterocycles. The van der Waals surface area contributed by atoms with Gasteiger partial charge in [0.2, 0.25) is 11.8 Å². The van der Waals surface area contributed by atoms with Crippen LogP contribution in [0.5, 0.6) is 0 Å². The fourth-order valence-corrected chi connectivity index (χ4v) is 1.70. The number of hydrogen-bond acceptors (Lipinski definition) is 6. The van der Waals surface area contributed by atoms with E-state index in [9.17, 15) is 18.0 Å². The fraction of sp³-hybridized carbons (Fsp3) is 0.778. The molecular weight excluding hydrogens is 262 g/mol. The van der Waals surface area contributed by atoms with Crippen molar-refractivity contribution in [2.24, 2.45) is 11.5 Å². The minimum atomic E-state index is -3.13. The second-order valence-electron chi connectivity index (χ2n) is 3.83. The topological polar surface area (TPSA) is 142 Å². The standard InChI is InChI=1S/C9H19N3O5S/c1-18(15,16)5-2-7(10)9(14)12-3-4-17-6-8(11)13/h7H,2-6,10H2,1H3,(H2,11,13)(H,12,14). The van der Waals surface area contributed by atoms with Crippen molar-refractivity contribution in [2.75, 3.05) is 31.8 Å². The van der Waals surface area contributed by atoms with Crippen molar-refractivity contribution in [1.82, 2.24) is 5.32 Å². The molecule has 0 aliphatic heterocycles. The van der Waals surface area contributed by atoms with Crippen LogP contribution >= 0.6 is 0 Å². The van der Waals surface area contributed by atoms with Crippen LogP contribution in [0.3, 0.4) is 0 Å². The highest BCUT2D eigenvalue weighted by Crippen LogP contribution is 1.93. The van der Waals surface area contributed by atoms with E-state index in [2.05, 4.69) is 5.32 Å². The molecule has 0 aromatic rings. The second-order valence-corrected chi connectivity index (χ2v) is 6.09. The summed E-state index contributed by atoms with van der Waals surface area (Å²) in [5, 5.41) is 2.46. The molecule has 0 aliphatic rings. The molecule has 1 unspecified atom stereocenters. The molecule has 0 fully saturated rings. The predicted octanol–water partition coefficient (Wildman–Crippen LogP) is -2.63.